The maximum Gasteiger partial charge on any atom is 0.788 e. The normalized spacial score (nSPS) is 17.2. The summed E-state index contributed by atoms with van der Waals surface area (Å²) in [5.41, 5.74) is 6.20. The van der Waals surface area contributed by atoms with Crippen LogP contribution in [0, 0.1) is 0 Å². The van der Waals surface area contributed by atoms with Gasteiger partial charge in [0.15, 0.2) is 0 Å². The first-order valence-electron chi connectivity index (χ1n) is 6.70. The van der Waals surface area contributed by atoms with Crippen LogP contribution < -0.4 is 15.0 Å². The molecule has 1 heterocycles. The summed E-state index contributed by atoms with van der Waals surface area (Å²) in [5, 5.41) is 9.08. The molecular formula is C14H22BNO4. The van der Waals surface area contributed by atoms with E-state index in [9.17, 15) is 0 Å². The Morgan fingerprint density at radius 2 is 1.85 bits per heavy atom. The number of aliphatic hydroxyl groups is 1. The molecule has 1 aliphatic rings. The average Bonchev–Trinajstić information content (AvgIpc) is 2.77. The molecule has 0 saturated heterocycles. The Morgan fingerprint density at radius 3 is 2.45 bits per heavy atom. The van der Waals surface area contributed by atoms with E-state index in [0.29, 0.717) is 11.5 Å². The highest BCUT2D eigenvalue weighted by Gasteiger charge is 2.37. The number of nitrogens with two attached hydrogens (primary N) is 1. The molecule has 110 valence electrons. The zero-order valence-electron chi connectivity index (χ0n) is 12.5. The highest BCUT2D eigenvalue weighted by molar-refractivity contribution is 6.40. The first kappa shape index (κ1) is 15.2. The van der Waals surface area contributed by atoms with Crippen molar-refractivity contribution >= 4 is 7.32 Å². The molecule has 0 aliphatic carbocycles. The molecule has 20 heavy (non-hydrogen) atoms. The first-order chi connectivity index (χ1) is 9.21. The molecule has 0 spiro atoms. The zero-order valence-corrected chi connectivity index (χ0v) is 12.5. The number of benzene rings is 1. The van der Waals surface area contributed by atoms with Crippen molar-refractivity contribution in [1.82, 2.24) is 0 Å². The number of fused-ring (bicyclic) bond motifs is 1. The topological polar surface area (TPSA) is 73.9 Å². The first-order valence-corrected chi connectivity index (χ1v) is 6.70. The van der Waals surface area contributed by atoms with Gasteiger partial charge in [-0.25, -0.2) is 0 Å². The van der Waals surface area contributed by atoms with E-state index in [2.05, 4.69) is 20.8 Å². The van der Waals surface area contributed by atoms with Crippen molar-refractivity contribution in [3.05, 3.63) is 23.8 Å². The fraction of sp³-hybridized carbons (Fsp3) is 0.571. The quantitative estimate of drug-likeness (QED) is 0.816. The third kappa shape index (κ3) is 3.45. The van der Waals surface area contributed by atoms with Gasteiger partial charge in [-0.15, -0.1) is 0 Å². The van der Waals surface area contributed by atoms with Gasteiger partial charge in [-0.1, -0.05) is 26.8 Å². The van der Waals surface area contributed by atoms with Crippen molar-refractivity contribution in [1.29, 1.82) is 0 Å². The molecule has 1 atom stereocenters. The SMILES string of the molecule is CC(N)(CO)COB1Oc2ccc(C(C)(C)C)cc2O1. The minimum absolute atomic E-state index is 0.0457. The molecule has 0 bridgehead atoms. The van der Waals surface area contributed by atoms with Crippen molar-refractivity contribution in [2.45, 2.75) is 38.6 Å². The molecule has 0 aromatic heterocycles. The maximum atomic E-state index is 9.08. The lowest BCUT2D eigenvalue weighted by atomic mass is 9.87. The van der Waals surface area contributed by atoms with Gasteiger partial charge >= 0.3 is 7.32 Å². The Labute approximate surface area is 120 Å². The van der Waals surface area contributed by atoms with Crippen LogP contribution in [-0.2, 0) is 10.1 Å². The van der Waals surface area contributed by atoms with Crippen LogP contribution in [0.1, 0.15) is 33.3 Å². The lowest BCUT2D eigenvalue weighted by Gasteiger charge is -2.21. The van der Waals surface area contributed by atoms with E-state index < -0.39 is 12.9 Å². The standard InChI is InChI=1S/C14H22BNO4/c1-13(2,3)10-5-6-11-12(7-10)20-15(19-11)18-9-14(4,16)8-17/h5-7,17H,8-9,16H2,1-4H3. The molecule has 0 saturated carbocycles. The summed E-state index contributed by atoms with van der Waals surface area (Å²) < 4.78 is 16.6. The van der Waals surface area contributed by atoms with Gasteiger partial charge in [-0.3, -0.25) is 0 Å². The van der Waals surface area contributed by atoms with Gasteiger partial charge in [0.05, 0.1) is 18.8 Å². The van der Waals surface area contributed by atoms with Gasteiger partial charge in [0, 0.05) is 0 Å². The lowest BCUT2D eigenvalue weighted by Crippen LogP contribution is -2.47. The van der Waals surface area contributed by atoms with Crippen LogP contribution in [0.5, 0.6) is 11.5 Å². The van der Waals surface area contributed by atoms with Gasteiger partial charge in [0.25, 0.3) is 0 Å². The third-order valence-corrected chi connectivity index (χ3v) is 3.17. The van der Waals surface area contributed by atoms with Crippen LogP contribution in [0.15, 0.2) is 18.2 Å². The van der Waals surface area contributed by atoms with E-state index >= 15 is 0 Å². The van der Waals surface area contributed by atoms with Crippen molar-refractivity contribution in [3.8, 4) is 11.5 Å². The second kappa shape index (κ2) is 5.28. The molecule has 2 rings (SSSR count). The summed E-state index contributed by atoms with van der Waals surface area (Å²) in [6, 6.07) is 5.87. The fourth-order valence-corrected chi connectivity index (χ4v) is 1.77. The molecule has 1 aliphatic heterocycles. The monoisotopic (exact) mass is 279 g/mol. The molecule has 0 radical (unpaired) electrons. The summed E-state index contributed by atoms with van der Waals surface area (Å²) in [5.74, 6) is 1.33. The van der Waals surface area contributed by atoms with Crippen molar-refractivity contribution in [3.63, 3.8) is 0 Å². The molecule has 1 aromatic rings. The second-order valence-electron chi connectivity index (χ2n) is 6.56. The summed E-state index contributed by atoms with van der Waals surface area (Å²) in [6.45, 7) is 8.10. The molecule has 1 aromatic carbocycles. The van der Waals surface area contributed by atoms with E-state index in [-0.39, 0.29) is 18.6 Å². The molecule has 5 nitrogen and oxygen atoms in total. The zero-order chi connectivity index (χ0) is 15.0. The van der Waals surface area contributed by atoms with E-state index in [1.807, 2.05) is 18.2 Å². The lowest BCUT2D eigenvalue weighted by molar-refractivity contribution is 0.120. The van der Waals surface area contributed by atoms with Crippen LogP contribution in [0.25, 0.3) is 0 Å². The largest absolute Gasteiger partial charge is 0.788 e. The Kier molecular flexibility index (Phi) is 4.00. The van der Waals surface area contributed by atoms with Crippen LogP contribution in [-0.4, -0.2) is 31.2 Å². The molecule has 6 heteroatoms. The minimum atomic E-state index is -0.811. The van der Waals surface area contributed by atoms with Gasteiger partial charge in [0.2, 0.25) is 0 Å². The molecule has 0 amide bonds. The Morgan fingerprint density at radius 1 is 1.20 bits per heavy atom. The Balaban J connectivity index is 2.01. The van der Waals surface area contributed by atoms with Gasteiger partial charge in [-0.05, 0) is 30.0 Å². The van der Waals surface area contributed by atoms with Gasteiger partial charge < -0.3 is 24.8 Å². The minimum Gasteiger partial charge on any atom is -0.498 e. The van der Waals surface area contributed by atoms with E-state index in [1.165, 1.54) is 5.56 Å². The highest BCUT2D eigenvalue weighted by atomic mass is 16.8. The van der Waals surface area contributed by atoms with Gasteiger partial charge in [-0.2, -0.15) is 0 Å². The van der Waals surface area contributed by atoms with Crippen LogP contribution in [0.4, 0.5) is 0 Å². The predicted octanol–water partition coefficient (Wildman–Crippen LogP) is 1.47. The van der Waals surface area contributed by atoms with E-state index in [0.717, 1.165) is 0 Å². The number of hydrogen-bond donors (Lipinski definition) is 2. The number of hydrogen-bond acceptors (Lipinski definition) is 5. The third-order valence-electron chi connectivity index (χ3n) is 3.17. The number of aliphatic hydroxyl groups excluding tert-OH is 1. The molecule has 3 N–H and O–H groups in total. The van der Waals surface area contributed by atoms with Crippen LogP contribution in [0.2, 0.25) is 0 Å². The predicted molar refractivity (Wildman–Crippen MR) is 77.8 cm³/mol. The molecule has 0 fully saturated rings. The van der Waals surface area contributed by atoms with Crippen molar-refractivity contribution in [2.75, 3.05) is 13.2 Å². The van der Waals surface area contributed by atoms with E-state index in [4.69, 9.17) is 24.8 Å². The fourth-order valence-electron chi connectivity index (χ4n) is 1.77. The summed E-state index contributed by atoms with van der Waals surface area (Å²) in [7, 11) is -0.811. The smallest absolute Gasteiger partial charge is 0.498 e. The second-order valence-corrected chi connectivity index (χ2v) is 6.56. The summed E-state index contributed by atoms with van der Waals surface area (Å²) >= 11 is 0. The van der Waals surface area contributed by atoms with Gasteiger partial charge in [0.1, 0.15) is 11.5 Å². The molecule has 1 unspecified atom stereocenters. The molecular weight excluding hydrogens is 257 g/mol. The summed E-state index contributed by atoms with van der Waals surface area (Å²) in [4.78, 5) is 0. The van der Waals surface area contributed by atoms with Crippen molar-refractivity contribution in [2.24, 2.45) is 5.73 Å². The average molecular weight is 279 g/mol. The van der Waals surface area contributed by atoms with Crippen LogP contribution in [0.3, 0.4) is 0 Å². The maximum absolute atomic E-state index is 9.08. The Hall–Kier alpha value is -1.24. The number of rotatable bonds is 4. The van der Waals surface area contributed by atoms with Crippen molar-refractivity contribution < 1.29 is 19.1 Å². The summed E-state index contributed by atoms with van der Waals surface area (Å²) in [6.07, 6.45) is 0. The highest BCUT2D eigenvalue weighted by Crippen LogP contribution is 2.37. The van der Waals surface area contributed by atoms with E-state index in [1.54, 1.807) is 6.92 Å². The van der Waals surface area contributed by atoms with Crippen LogP contribution >= 0.6 is 0 Å². The Bertz CT molecular complexity index is 485.